The van der Waals surface area contributed by atoms with Crippen molar-refractivity contribution in [1.82, 2.24) is 5.32 Å². The zero-order chi connectivity index (χ0) is 13.1. The molecule has 1 amide bonds. The summed E-state index contributed by atoms with van der Waals surface area (Å²) in [4.78, 5) is 11.9. The van der Waals surface area contributed by atoms with E-state index in [1.165, 1.54) is 0 Å². The van der Waals surface area contributed by atoms with Gasteiger partial charge >= 0.3 is 0 Å². The minimum absolute atomic E-state index is 0.000549. The second kappa shape index (κ2) is 5.38. The highest BCUT2D eigenvalue weighted by Crippen LogP contribution is 2.50. The molecule has 5 nitrogen and oxygen atoms in total. The summed E-state index contributed by atoms with van der Waals surface area (Å²) in [7, 11) is 0. The minimum atomic E-state index is -0.508. The number of carbonyl (C=O) groups is 1. The maximum absolute atomic E-state index is 11.9. The Kier molecular flexibility index (Phi) is 4.37. The number of nitrogens with two attached hydrogens (primary N) is 1. The number of nitrogens with zero attached hydrogens (tertiary/aromatic N) is 1. The number of carbonyl (C=O) groups excluding carboxylic acids is 1. The number of oxime groups is 1. The number of hydrogen-bond acceptors (Lipinski definition) is 3. The number of amidine groups is 1. The van der Waals surface area contributed by atoms with Crippen molar-refractivity contribution in [2.45, 2.75) is 40.0 Å². The lowest BCUT2D eigenvalue weighted by Gasteiger charge is -2.15. The summed E-state index contributed by atoms with van der Waals surface area (Å²) in [6.45, 7) is 7.04. The van der Waals surface area contributed by atoms with Crippen LogP contribution >= 0.6 is 0 Å². The molecule has 1 aliphatic rings. The van der Waals surface area contributed by atoms with Crippen molar-refractivity contribution in [3.63, 3.8) is 0 Å². The van der Waals surface area contributed by atoms with E-state index in [-0.39, 0.29) is 11.7 Å². The Labute approximate surface area is 102 Å². The molecule has 0 aromatic heterocycles. The zero-order valence-electron chi connectivity index (χ0n) is 10.9. The SMILES string of the molecule is CCCC(C(=O)NCC1CC1(C)C)C(N)=NO. The Hall–Kier alpha value is -1.26. The minimum Gasteiger partial charge on any atom is -0.409 e. The van der Waals surface area contributed by atoms with E-state index >= 15 is 0 Å². The standard InChI is InChI=1S/C12H23N3O2/c1-4-5-9(10(13)15-17)11(16)14-7-8-6-12(8,2)3/h8-9,17H,4-7H2,1-3H3,(H2,13,15)(H,14,16). The molecule has 1 saturated carbocycles. The van der Waals surface area contributed by atoms with Gasteiger partial charge in [0, 0.05) is 6.54 Å². The molecule has 1 fully saturated rings. The summed E-state index contributed by atoms with van der Waals surface area (Å²) in [5.74, 6) is -0.0860. The number of nitrogens with one attached hydrogen (secondary N) is 1. The van der Waals surface area contributed by atoms with E-state index in [1.54, 1.807) is 0 Å². The van der Waals surface area contributed by atoms with Crippen LogP contribution in [-0.4, -0.2) is 23.5 Å². The first-order valence-electron chi connectivity index (χ1n) is 6.17. The van der Waals surface area contributed by atoms with Gasteiger partial charge in [0.2, 0.25) is 5.91 Å². The summed E-state index contributed by atoms with van der Waals surface area (Å²) in [6, 6.07) is 0. The Morgan fingerprint density at radius 3 is 2.65 bits per heavy atom. The Balaban J connectivity index is 2.43. The van der Waals surface area contributed by atoms with Gasteiger partial charge in [-0.25, -0.2) is 0 Å². The molecule has 0 saturated heterocycles. The Morgan fingerprint density at radius 2 is 2.24 bits per heavy atom. The molecule has 0 bridgehead atoms. The maximum Gasteiger partial charge on any atom is 0.230 e. The third-order valence-corrected chi connectivity index (χ3v) is 3.61. The predicted molar refractivity (Wildman–Crippen MR) is 66.7 cm³/mol. The third-order valence-electron chi connectivity index (χ3n) is 3.61. The van der Waals surface area contributed by atoms with Crippen LogP contribution in [0, 0.1) is 17.3 Å². The normalized spacial score (nSPS) is 24.2. The molecule has 0 heterocycles. The number of amides is 1. The summed E-state index contributed by atoms with van der Waals surface area (Å²) in [5.41, 5.74) is 5.87. The molecule has 1 rings (SSSR count). The lowest BCUT2D eigenvalue weighted by molar-refractivity contribution is -0.123. The van der Waals surface area contributed by atoms with Crippen LogP contribution in [0.2, 0.25) is 0 Å². The van der Waals surface area contributed by atoms with Crippen LogP contribution in [0.4, 0.5) is 0 Å². The van der Waals surface area contributed by atoms with E-state index in [4.69, 9.17) is 10.9 Å². The van der Waals surface area contributed by atoms with Crippen molar-refractivity contribution < 1.29 is 10.0 Å². The van der Waals surface area contributed by atoms with E-state index in [1.807, 2.05) is 6.92 Å². The third kappa shape index (κ3) is 3.61. The fourth-order valence-corrected chi connectivity index (χ4v) is 2.04. The molecule has 2 unspecified atom stereocenters. The van der Waals surface area contributed by atoms with Crippen LogP contribution in [0.25, 0.3) is 0 Å². The highest BCUT2D eigenvalue weighted by atomic mass is 16.4. The van der Waals surface area contributed by atoms with E-state index in [2.05, 4.69) is 24.3 Å². The molecule has 2 atom stereocenters. The topological polar surface area (TPSA) is 87.7 Å². The van der Waals surface area contributed by atoms with Crippen molar-refractivity contribution in [3.8, 4) is 0 Å². The van der Waals surface area contributed by atoms with Gasteiger partial charge in [0.05, 0.1) is 5.92 Å². The van der Waals surface area contributed by atoms with Crippen molar-refractivity contribution >= 4 is 11.7 Å². The van der Waals surface area contributed by atoms with Gasteiger partial charge in [-0.05, 0) is 24.2 Å². The van der Waals surface area contributed by atoms with Gasteiger partial charge in [0.1, 0.15) is 0 Å². The van der Waals surface area contributed by atoms with Crippen LogP contribution < -0.4 is 11.1 Å². The maximum atomic E-state index is 11.9. The molecular formula is C12H23N3O2. The zero-order valence-corrected chi connectivity index (χ0v) is 10.9. The van der Waals surface area contributed by atoms with Crippen LogP contribution in [0.1, 0.15) is 40.0 Å². The second-order valence-corrected chi connectivity index (χ2v) is 5.50. The van der Waals surface area contributed by atoms with Crippen molar-refractivity contribution in [2.75, 3.05) is 6.54 Å². The predicted octanol–water partition coefficient (Wildman–Crippen LogP) is 1.31. The van der Waals surface area contributed by atoms with Crippen molar-refractivity contribution in [1.29, 1.82) is 0 Å². The Bertz CT molecular complexity index is 313. The molecule has 0 spiro atoms. The molecule has 1 aliphatic carbocycles. The van der Waals surface area contributed by atoms with E-state index in [0.29, 0.717) is 24.3 Å². The number of rotatable bonds is 6. The fourth-order valence-electron chi connectivity index (χ4n) is 2.04. The largest absolute Gasteiger partial charge is 0.409 e. The average molecular weight is 241 g/mol. The van der Waals surface area contributed by atoms with Gasteiger partial charge in [-0.3, -0.25) is 4.79 Å². The van der Waals surface area contributed by atoms with E-state index in [9.17, 15) is 4.79 Å². The molecule has 0 aliphatic heterocycles. The highest BCUT2D eigenvalue weighted by molar-refractivity contribution is 6.02. The smallest absolute Gasteiger partial charge is 0.230 e. The van der Waals surface area contributed by atoms with Gasteiger partial charge < -0.3 is 16.3 Å². The molecule has 0 radical (unpaired) electrons. The summed E-state index contributed by atoms with van der Waals surface area (Å²) in [6.07, 6.45) is 2.58. The van der Waals surface area contributed by atoms with E-state index < -0.39 is 5.92 Å². The Morgan fingerprint density at radius 1 is 1.65 bits per heavy atom. The van der Waals surface area contributed by atoms with Gasteiger partial charge in [-0.15, -0.1) is 0 Å². The van der Waals surface area contributed by atoms with Crippen molar-refractivity contribution in [3.05, 3.63) is 0 Å². The van der Waals surface area contributed by atoms with Crippen LogP contribution in [0.3, 0.4) is 0 Å². The molecule has 0 aromatic carbocycles. The van der Waals surface area contributed by atoms with E-state index in [0.717, 1.165) is 12.8 Å². The van der Waals surface area contributed by atoms with Crippen molar-refractivity contribution in [2.24, 2.45) is 28.1 Å². The molecule has 0 aromatic rings. The quantitative estimate of drug-likeness (QED) is 0.283. The highest BCUT2D eigenvalue weighted by Gasteiger charge is 2.45. The second-order valence-electron chi connectivity index (χ2n) is 5.50. The molecular weight excluding hydrogens is 218 g/mol. The first-order valence-corrected chi connectivity index (χ1v) is 6.17. The average Bonchev–Trinajstić information content (AvgIpc) is 2.90. The first kappa shape index (κ1) is 13.8. The lowest BCUT2D eigenvalue weighted by atomic mass is 10.0. The summed E-state index contributed by atoms with van der Waals surface area (Å²) >= 11 is 0. The molecule has 4 N–H and O–H groups in total. The van der Waals surface area contributed by atoms with Gasteiger partial charge in [0.25, 0.3) is 0 Å². The fraction of sp³-hybridized carbons (Fsp3) is 0.833. The summed E-state index contributed by atoms with van der Waals surface area (Å²) < 4.78 is 0. The van der Waals surface area contributed by atoms with Gasteiger partial charge in [0.15, 0.2) is 5.84 Å². The molecule has 5 heteroatoms. The number of hydrogen-bond donors (Lipinski definition) is 3. The molecule has 17 heavy (non-hydrogen) atoms. The molecule has 98 valence electrons. The van der Waals surface area contributed by atoms with Crippen LogP contribution in [-0.2, 0) is 4.79 Å². The summed E-state index contributed by atoms with van der Waals surface area (Å²) in [5, 5.41) is 14.5. The first-order chi connectivity index (χ1) is 7.92. The monoisotopic (exact) mass is 241 g/mol. The lowest BCUT2D eigenvalue weighted by Crippen LogP contribution is -2.39. The van der Waals surface area contributed by atoms with Gasteiger partial charge in [-0.1, -0.05) is 32.3 Å². The van der Waals surface area contributed by atoms with Crippen LogP contribution in [0.5, 0.6) is 0 Å². The van der Waals surface area contributed by atoms with Crippen LogP contribution in [0.15, 0.2) is 5.16 Å². The van der Waals surface area contributed by atoms with Gasteiger partial charge in [-0.2, -0.15) is 0 Å².